The number of benzene rings is 1. The van der Waals surface area contributed by atoms with Crippen LogP contribution in [-0.2, 0) is 4.79 Å². The van der Waals surface area contributed by atoms with Gasteiger partial charge in [0.1, 0.15) is 11.8 Å². The molecule has 0 aromatic heterocycles. The summed E-state index contributed by atoms with van der Waals surface area (Å²) in [5.41, 5.74) is 6.59. The van der Waals surface area contributed by atoms with Crippen molar-refractivity contribution in [3.8, 4) is 5.75 Å². The van der Waals surface area contributed by atoms with Crippen LogP contribution in [0.15, 0.2) is 18.2 Å². The molecular weight excluding hydrogens is 256 g/mol. The van der Waals surface area contributed by atoms with Crippen LogP contribution in [0.2, 0.25) is 0 Å². The summed E-state index contributed by atoms with van der Waals surface area (Å²) in [5.74, 6) is -0.112. The van der Waals surface area contributed by atoms with Crippen molar-refractivity contribution in [1.82, 2.24) is 5.32 Å². The largest absolute Gasteiger partial charge is 0.496 e. The van der Waals surface area contributed by atoms with Gasteiger partial charge in [0.2, 0.25) is 5.91 Å². The number of primary amides is 1. The highest BCUT2D eigenvalue weighted by atomic mass is 16.5. The van der Waals surface area contributed by atoms with Crippen LogP contribution in [0.5, 0.6) is 5.75 Å². The number of nitrogens with one attached hydrogen (secondary N) is 1. The van der Waals surface area contributed by atoms with Gasteiger partial charge in [-0.3, -0.25) is 9.59 Å². The number of nitrogens with two attached hydrogens (primary N) is 1. The van der Waals surface area contributed by atoms with E-state index in [-0.39, 0.29) is 11.8 Å². The maximum atomic E-state index is 12.3. The Hall–Kier alpha value is -2.04. The molecular formula is C15H22N2O3. The van der Waals surface area contributed by atoms with E-state index in [1.807, 2.05) is 26.8 Å². The van der Waals surface area contributed by atoms with Gasteiger partial charge in [-0.05, 0) is 30.9 Å². The monoisotopic (exact) mass is 278 g/mol. The zero-order valence-corrected chi connectivity index (χ0v) is 12.4. The third-order valence-electron chi connectivity index (χ3n) is 3.02. The van der Waals surface area contributed by atoms with Gasteiger partial charge in [-0.25, -0.2) is 0 Å². The van der Waals surface area contributed by atoms with Crippen LogP contribution in [0.1, 0.15) is 36.2 Å². The minimum atomic E-state index is -0.673. The Balaban J connectivity index is 2.95. The molecule has 0 bridgehead atoms. The number of ether oxygens (including phenoxy) is 1. The lowest BCUT2D eigenvalue weighted by atomic mass is 10.0. The molecule has 0 saturated carbocycles. The van der Waals surface area contributed by atoms with Crippen molar-refractivity contribution in [2.24, 2.45) is 11.7 Å². The number of hydrogen-bond donors (Lipinski definition) is 2. The van der Waals surface area contributed by atoms with E-state index in [2.05, 4.69) is 5.32 Å². The molecule has 1 rings (SSSR count). The van der Waals surface area contributed by atoms with E-state index in [0.717, 1.165) is 5.56 Å². The van der Waals surface area contributed by atoms with E-state index in [1.165, 1.54) is 7.11 Å². The normalized spacial score (nSPS) is 12.1. The average Bonchev–Trinajstić information content (AvgIpc) is 2.36. The number of hydrogen-bond acceptors (Lipinski definition) is 3. The number of amides is 2. The van der Waals surface area contributed by atoms with Gasteiger partial charge in [-0.15, -0.1) is 0 Å². The van der Waals surface area contributed by atoms with Gasteiger partial charge in [0, 0.05) is 0 Å². The molecule has 0 aliphatic heterocycles. The summed E-state index contributed by atoms with van der Waals surface area (Å²) in [6.07, 6.45) is 0.509. The molecule has 0 unspecified atom stereocenters. The highest BCUT2D eigenvalue weighted by Gasteiger charge is 2.22. The predicted molar refractivity (Wildman–Crippen MR) is 77.6 cm³/mol. The summed E-state index contributed by atoms with van der Waals surface area (Å²) < 4.78 is 5.24. The number of aryl methyl sites for hydroxylation is 1. The van der Waals surface area contributed by atoms with E-state index in [1.54, 1.807) is 12.1 Å². The van der Waals surface area contributed by atoms with Gasteiger partial charge in [-0.1, -0.05) is 26.0 Å². The fraction of sp³-hybridized carbons (Fsp3) is 0.467. The van der Waals surface area contributed by atoms with Crippen molar-refractivity contribution in [3.63, 3.8) is 0 Å². The highest BCUT2D eigenvalue weighted by molar-refractivity contribution is 5.99. The molecule has 2 amide bonds. The first kappa shape index (κ1) is 16.0. The van der Waals surface area contributed by atoms with Crippen molar-refractivity contribution < 1.29 is 14.3 Å². The minimum Gasteiger partial charge on any atom is -0.496 e. The summed E-state index contributed by atoms with van der Waals surface area (Å²) in [7, 11) is 1.51. The fourth-order valence-electron chi connectivity index (χ4n) is 2.06. The molecule has 1 atom stereocenters. The molecule has 0 spiro atoms. The van der Waals surface area contributed by atoms with Crippen LogP contribution < -0.4 is 15.8 Å². The molecule has 0 fully saturated rings. The van der Waals surface area contributed by atoms with Crippen LogP contribution in [0.4, 0.5) is 0 Å². The van der Waals surface area contributed by atoms with Crippen molar-refractivity contribution in [1.29, 1.82) is 0 Å². The van der Waals surface area contributed by atoms with E-state index in [0.29, 0.717) is 17.7 Å². The summed E-state index contributed by atoms with van der Waals surface area (Å²) in [5, 5.41) is 2.67. The van der Waals surface area contributed by atoms with Crippen LogP contribution in [0.3, 0.4) is 0 Å². The Bertz CT molecular complexity index is 498. The lowest BCUT2D eigenvalue weighted by Crippen LogP contribution is -2.45. The molecule has 0 saturated heterocycles. The molecule has 5 heteroatoms. The zero-order chi connectivity index (χ0) is 15.3. The van der Waals surface area contributed by atoms with Gasteiger partial charge >= 0.3 is 0 Å². The van der Waals surface area contributed by atoms with Gasteiger partial charge in [-0.2, -0.15) is 0 Å². The van der Waals surface area contributed by atoms with Crippen LogP contribution in [0.25, 0.3) is 0 Å². The first-order valence-electron chi connectivity index (χ1n) is 6.60. The minimum absolute atomic E-state index is 0.257. The van der Waals surface area contributed by atoms with Crippen molar-refractivity contribution in [2.75, 3.05) is 7.11 Å². The van der Waals surface area contributed by atoms with Crippen LogP contribution in [0, 0.1) is 12.8 Å². The molecule has 0 aliphatic carbocycles. The SMILES string of the molecule is COc1c(C)cccc1C(=O)N[C@H](CC(C)C)C(N)=O. The molecule has 0 radical (unpaired) electrons. The topological polar surface area (TPSA) is 81.4 Å². The summed E-state index contributed by atoms with van der Waals surface area (Å²) in [6.45, 7) is 5.79. The van der Waals surface area contributed by atoms with Gasteiger partial charge < -0.3 is 15.8 Å². The molecule has 0 aliphatic rings. The van der Waals surface area contributed by atoms with Gasteiger partial charge in [0.15, 0.2) is 0 Å². The molecule has 0 heterocycles. The Labute approximate surface area is 119 Å². The standard InChI is InChI=1S/C15H22N2O3/c1-9(2)8-12(14(16)18)17-15(19)11-7-5-6-10(3)13(11)20-4/h5-7,9,12H,8H2,1-4H3,(H2,16,18)(H,17,19)/t12-/m1/s1. The maximum Gasteiger partial charge on any atom is 0.255 e. The quantitative estimate of drug-likeness (QED) is 0.830. The van der Waals surface area contributed by atoms with Crippen LogP contribution >= 0.6 is 0 Å². The molecule has 110 valence electrons. The van der Waals surface area contributed by atoms with E-state index in [9.17, 15) is 9.59 Å². The van der Waals surface area contributed by atoms with Gasteiger partial charge in [0.25, 0.3) is 5.91 Å². The molecule has 3 N–H and O–H groups in total. The second-order valence-electron chi connectivity index (χ2n) is 5.21. The van der Waals surface area contributed by atoms with Crippen LogP contribution in [-0.4, -0.2) is 25.0 Å². The van der Waals surface area contributed by atoms with Gasteiger partial charge in [0.05, 0.1) is 12.7 Å². The Morgan fingerprint density at radius 1 is 1.35 bits per heavy atom. The predicted octanol–water partition coefficient (Wildman–Crippen LogP) is 1.63. The van der Waals surface area contributed by atoms with E-state index in [4.69, 9.17) is 10.5 Å². The lowest BCUT2D eigenvalue weighted by molar-refractivity contribution is -0.120. The Morgan fingerprint density at radius 3 is 2.50 bits per heavy atom. The van der Waals surface area contributed by atoms with E-state index >= 15 is 0 Å². The Kier molecular flexibility index (Phi) is 5.55. The number of para-hydroxylation sites is 1. The number of methoxy groups -OCH3 is 1. The first-order chi connectivity index (χ1) is 9.36. The summed E-state index contributed by atoms with van der Waals surface area (Å²) in [4.78, 5) is 23.7. The second kappa shape index (κ2) is 6.93. The molecule has 1 aromatic carbocycles. The number of rotatable bonds is 6. The second-order valence-corrected chi connectivity index (χ2v) is 5.21. The lowest BCUT2D eigenvalue weighted by Gasteiger charge is -2.18. The number of carbonyl (C=O) groups is 2. The maximum absolute atomic E-state index is 12.3. The summed E-state index contributed by atoms with van der Waals surface area (Å²) >= 11 is 0. The first-order valence-corrected chi connectivity index (χ1v) is 6.60. The molecule has 5 nitrogen and oxygen atoms in total. The van der Waals surface area contributed by atoms with Crippen molar-refractivity contribution >= 4 is 11.8 Å². The molecule has 20 heavy (non-hydrogen) atoms. The molecule has 1 aromatic rings. The average molecular weight is 278 g/mol. The number of carbonyl (C=O) groups excluding carboxylic acids is 2. The third-order valence-corrected chi connectivity index (χ3v) is 3.02. The van der Waals surface area contributed by atoms with Crippen molar-refractivity contribution in [2.45, 2.75) is 33.2 Å². The highest BCUT2D eigenvalue weighted by Crippen LogP contribution is 2.23. The van der Waals surface area contributed by atoms with E-state index < -0.39 is 11.9 Å². The Morgan fingerprint density at radius 2 is 2.00 bits per heavy atom. The third kappa shape index (κ3) is 3.98. The smallest absolute Gasteiger partial charge is 0.255 e. The van der Waals surface area contributed by atoms with Crippen molar-refractivity contribution in [3.05, 3.63) is 29.3 Å². The fourth-order valence-corrected chi connectivity index (χ4v) is 2.06. The zero-order valence-electron chi connectivity index (χ0n) is 12.4. The summed E-state index contributed by atoms with van der Waals surface area (Å²) in [6, 6.07) is 4.62.